The Morgan fingerprint density at radius 3 is 2.81 bits per heavy atom. The fourth-order valence-corrected chi connectivity index (χ4v) is 6.98. The second kappa shape index (κ2) is 12.5. The average Bonchev–Trinajstić information content (AvgIpc) is 3.73. The molecule has 4 heterocycles. The number of alkyl halides is 1. The molecular formula is C31H34ClFN6O3S. The van der Waals surface area contributed by atoms with Crippen molar-refractivity contribution in [1.29, 1.82) is 0 Å². The van der Waals surface area contributed by atoms with Crippen molar-refractivity contribution in [3.05, 3.63) is 81.5 Å². The summed E-state index contributed by atoms with van der Waals surface area (Å²) in [6.45, 7) is 3.59. The summed E-state index contributed by atoms with van der Waals surface area (Å²) in [5.41, 5.74) is 9.59. The first-order chi connectivity index (χ1) is 20.8. The molecule has 1 aliphatic heterocycles. The Bertz CT molecular complexity index is 1640. The molecule has 0 radical (unpaired) electrons. The molecule has 2 N–H and O–H groups in total. The Labute approximate surface area is 258 Å². The van der Waals surface area contributed by atoms with Crippen LogP contribution in [0.4, 0.5) is 4.39 Å². The van der Waals surface area contributed by atoms with E-state index in [9.17, 15) is 9.18 Å². The van der Waals surface area contributed by atoms with Crippen molar-refractivity contribution < 1.29 is 18.7 Å². The standard InChI is InChI=1S/C31H34ClFN6O3S/c1-19(23-4-3-5-26(29(23)32)42-22-8-11-38(12-9-22)13-10-33)41-27-15-28(43-30(27)31(34)40)39-18-35-24-14-20(6-7-25(24)39)21-16-36-37(2)17-21/h3-7,15-20,22H,8-14H2,1-2H3,(H2,34,40). The topological polar surface area (TPSA) is 100 Å². The quantitative estimate of drug-likeness (QED) is 0.242. The number of aryl methyl sites for hydroxylation is 1. The Morgan fingerprint density at radius 1 is 1.28 bits per heavy atom. The van der Waals surface area contributed by atoms with Crippen LogP contribution in [0.15, 0.2) is 49.1 Å². The molecule has 2 atom stereocenters. The molecule has 1 saturated heterocycles. The number of benzene rings is 1. The number of hydrogen-bond acceptors (Lipinski definition) is 7. The monoisotopic (exact) mass is 624 g/mol. The van der Waals surface area contributed by atoms with Crippen molar-refractivity contribution >= 4 is 34.9 Å². The summed E-state index contributed by atoms with van der Waals surface area (Å²) in [4.78, 5) is 19.6. The Morgan fingerprint density at radius 2 is 2.09 bits per heavy atom. The number of primary amides is 1. The summed E-state index contributed by atoms with van der Waals surface area (Å²) < 4.78 is 29.0. The lowest BCUT2D eigenvalue weighted by Gasteiger charge is -2.31. The number of fused-ring (bicyclic) bond motifs is 1. The van der Waals surface area contributed by atoms with Gasteiger partial charge in [0.2, 0.25) is 0 Å². The van der Waals surface area contributed by atoms with Crippen molar-refractivity contribution in [1.82, 2.24) is 24.2 Å². The van der Waals surface area contributed by atoms with Gasteiger partial charge in [0, 0.05) is 56.8 Å². The predicted octanol–water partition coefficient (Wildman–Crippen LogP) is 5.73. The van der Waals surface area contributed by atoms with Gasteiger partial charge in [-0.1, -0.05) is 29.8 Å². The first kappa shape index (κ1) is 29.4. The molecule has 9 nitrogen and oxygen atoms in total. The number of ether oxygens (including phenoxy) is 2. The van der Waals surface area contributed by atoms with Gasteiger partial charge < -0.3 is 20.1 Å². The minimum absolute atomic E-state index is 0.00975. The number of halogens is 2. The zero-order valence-corrected chi connectivity index (χ0v) is 25.7. The van der Waals surface area contributed by atoms with E-state index in [0.717, 1.165) is 59.9 Å². The fraction of sp³-hybridized carbons (Fsp3) is 0.387. The summed E-state index contributed by atoms with van der Waals surface area (Å²) in [5, 5.41) is 5.53. The summed E-state index contributed by atoms with van der Waals surface area (Å²) in [7, 11) is 1.91. The third-order valence-electron chi connectivity index (χ3n) is 8.05. The number of nitrogens with two attached hydrogens (primary N) is 1. The Balaban J connectivity index is 1.19. The van der Waals surface area contributed by atoms with E-state index in [1.165, 1.54) is 11.3 Å². The van der Waals surface area contributed by atoms with Crippen LogP contribution >= 0.6 is 22.9 Å². The summed E-state index contributed by atoms with van der Waals surface area (Å²) in [6, 6.07) is 7.44. The highest BCUT2D eigenvalue weighted by Crippen LogP contribution is 2.40. The number of allylic oxidation sites excluding steroid dienone is 1. The molecule has 12 heteroatoms. The first-order valence-corrected chi connectivity index (χ1v) is 15.6. The number of carbonyl (C=O) groups excluding carboxylic acids is 1. The van der Waals surface area contributed by atoms with E-state index in [2.05, 4.69) is 27.1 Å². The molecule has 3 aromatic heterocycles. The predicted molar refractivity (Wildman–Crippen MR) is 165 cm³/mol. The van der Waals surface area contributed by atoms with E-state index in [1.807, 2.05) is 55.2 Å². The van der Waals surface area contributed by atoms with Crippen molar-refractivity contribution in [3.8, 4) is 16.5 Å². The number of carbonyl (C=O) groups is 1. The van der Waals surface area contributed by atoms with Crippen LogP contribution < -0.4 is 15.2 Å². The zero-order valence-electron chi connectivity index (χ0n) is 24.1. The molecule has 1 amide bonds. The maximum atomic E-state index is 12.7. The Hall–Kier alpha value is -3.67. The van der Waals surface area contributed by atoms with E-state index in [1.54, 1.807) is 11.0 Å². The minimum Gasteiger partial charge on any atom is -0.489 e. The summed E-state index contributed by atoms with van der Waals surface area (Å²) in [5.74, 6) is 0.605. The number of aromatic nitrogens is 4. The molecule has 1 aliphatic carbocycles. The normalized spacial score (nSPS) is 18.0. The SMILES string of the molecule is CC(Oc1cc(-n2cnc3c2C=CC(c2cnn(C)c2)C3)sc1C(N)=O)c1cccc(OC2CCN(CCF)CC2)c1Cl. The van der Waals surface area contributed by atoms with Crippen LogP contribution in [0, 0.1) is 0 Å². The lowest BCUT2D eigenvalue weighted by Crippen LogP contribution is -2.39. The molecule has 0 bridgehead atoms. The van der Waals surface area contributed by atoms with Gasteiger partial charge in [-0.25, -0.2) is 9.37 Å². The molecule has 226 valence electrons. The minimum atomic E-state index is -0.568. The van der Waals surface area contributed by atoms with Crippen LogP contribution in [0.3, 0.4) is 0 Å². The second-order valence-corrected chi connectivity index (χ2v) is 12.4. The smallest absolute Gasteiger partial charge is 0.262 e. The van der Waals surface area contributed by atoms with Gasteiger partial charge in [0.05, 0.1) is 22.6 Å². The van der Waals surface area contributed by atoms with Crippen LogP contribution in [0.25, 0.3) is 11.1 Å². The molecule has 43 heavy (non-hydrogen) atoms. The van der Waals surface area contributed by atoms with Crippen molar-refractivity contribution in [2.45, 2.75) is 44.3 Å². The van der Waals surface area contributed by atoms with Crippen LogP contribution in [0.2, 0.25) is 5.02 Å². The van der Waals surface area contributed by atoms with E-state index in [-0.39, 0.29) is 18.7 Å². The number of likely N-dealkylation sites (tertiary alicyclic amines) is 1. The third kappa shape index (κ3) is 6.20. The van der Waals surface area contributed by atoms with Gasteiger partial charge in [0.1, 0.15) is 46.6 Å². The van der Waals surface area contributed by atoms with Crippen LogP contribution in [0.5, 0.6) is 11.5 Å². The largest absolute Gasteiger partial charge is 0.489 e. The molecule has 0 spiro atoms. The fourth-order valence-electron chi connectivity index (χ4n) is 5.72. The maximum absolute atomic E-state index is 12.7. The van der Waals surface area contributed by atoms with Gasteiger partial charge in [0.25, 0.3) is 5.91 Å². The van der Waals surface area contributed by atoms with Gasteiger partial charge in [-0.05, 0) is 37.5 Å². The van der Waals surface area contributed by atoms with E-state index in [0.29, 0.717) is 27.9 Å². The molecule has 0 saturated carbocycles. The van der Waals surface area contributed by atoms with Gasteiger partial charge in [-0.2, -0.15) is 5.10 Å². The highest BCUT2D eigenvalue weighted by Gasteiger charge is 2.26. The summed E-state index contributed by atoms with van der Waals surface area (Å²) in [6.07, 6.45) is 11.8. The molecule has 4 aromatic rings. The van der Waals surface area contributed by atoms with E-state index < -0.39 is 12.0 Å². The van der Waals surface area contributed by atoms with Crippen molar-refractivity contribution in [2.75, 3.05) is 26.3 Å². The van der Waals surface area contributed by atoms with E-state index >= 15 is 0 Å². The molecule has 1 aromatic carbocycles. The lowest BCUT2D eigenvalue weighted by atomic mass is 9.91. The number of rotatable bonds is 10. The maximum Gasteiger partial charge on any atom is 0.262 e. The Kier molecular flexibility index (Phi) is 8.56. The van der Waals surface area contributed by atoms with Crippen LogP contribution in [-0.4, -0.2) is 62.6 Å². The second-order valence-electron chi connectivity index (χ2n) is 11.0. The van der Waals surface area contributed by atoms with E-state index in [4.69, 9.17) is 26.8 Å². The molecule has 6 rings (SSSR count). The lowest BCUT2D eigenvalue weighted by molar-refractivity contribution is 0.0966. The van der Waals surface area contributed by atoms with Crippen LogP contribution in [0.1, 0.15) is 64.0 Å². The van der Waals surface area contributed by atoms with Gasteiger partial charge >= 0.3 is 0 Å². The number of hydrogen-bond donors (Lipinski definition) is 1. The van der Waals surface area contributed by atoms with Crippen LogP contribution in [-0.2, 0) is 13.5 Å². The number of thiophene rings is 1. The number of imidazole rings is 1. The van der Waals surface area contributed by atoms with Gasteiger partial charge in [-0.3, -0.25) is 14.0 Å². The summed E-state index contributed by atoms with van der Waals surface area (Å²) >= 11 is 8.07. The average molecular weight is 625 g/mol. The molecular weight excluding hydrogens is 591 g/mol. The molecule has 2 unspecified atom stereocenters. The van der Waals surface area contributed by atoms with Crippen molar-refractivity contribution in [2.24, 2.45) is 12.8 Å². The number of piperidine rings is 1. The molecule has 1 fully saturated rings. The van der Waals surface area contributed by atoms with Gasteiger partial charge in [0.15, 0.2) is 0 Å². The number of amides is 1. The van der Waals surface area contributed by atoms with Crippen molar-refractivity contribution in [3.63, 3.8) is 0 Å². The van der Waals surface area contributed by atoms with Gasteiger partial charge in [-0.15, -0.1) is 11.3 Å². The highest BCUT2D eigenvalue weighted by molar-refractivity contribution is 7.16. The third-order valence-corrected chi connectivity index (χ3v) is 9.58. The number of nitrogens with zero attached hydrogens (tertiary/aromatic N) is 5. The highest BCUT2D eigenvalue weighted by atomic mass is 35.5. The first-order valence-electron chi connectivity index (χ1n) is 14.4. The zero-order chi connectivity index (χ0) is 30.1. The molecule has 2 aliphatic rings.